The molecule has 0 aliphatic carbocycles. The lowest BCUT2D eigenvalue weighted by Crippen LogP contribution is -2.41. The Kier molecular flexibility index (Phi) is 9.66. The molecule has 0 aliphatic rings. The minimum Gasteiger partial charge on any atom is -0.458 e. The molecule has 158 valence electrons. The highest BCUT2D eigenvalue weighted by molar-refractivity contribution is 5.91. The van der Waals surface area contributed by atoms with E-state index in [1.807, 2.05) is 27.7 Å². The molecule has 27 heavy (non-hydrogen) atoms. The van der Waals surface area contributed by atoms with Crippen molar-refractivity contribution in [2.75, 3.05) is 13.4 Å². The van der Waals surface area contributed by atoms with E-state index >= 15 is 0 Å². The fraction of sp³-hybridized carbons (Fsp3) is 0.812. The number of carbonyl (C=O) groups is 3. The molecule has 0 aliphatic heterocycles. The molecule has 0 heterocycles. The minimum absolute atomic E-state index is 0.0270. The standard InChI is InChI=1S/C16H23F5O6/c1-9(2)5-11(10(3)4)14(24)27-8-26-13(23)6-12(22)25-7-15(17,18)16(19,20)21/h9-11H,5-8H2,1-4H3. The number of hydrogen-bond donors (Lipinski definition) is 0. The van der Waals surface area contributed by atoms with Crippen molar-refractivity contribution in [2.45, 2.75) is 52.6 Å². The fourth-order valence-electron chi connectivity index (χ4n) is 1.88. The van der Waals surface area contributed by atoms with Crippen LogP contribution in [0.25, 0.3) is 0 Å². The number of alkyl halides is 5. The zero-order valence-electron chi connectivity index (χ0n) is 15.4. The van der Waals surface area contributed by atoms with Crippen molar-refractivity contribution in [1.29, 1.82) is 0 Å². The van der Waals surface area contributed by atoms with Gasteiger partial charge in [-0.05, 0) is 18.3 Å². The molecule has 6 nitrogen and oxygen atoms in total. The van der Waals surface area contributed by atoms with Gasteiger partial charge in [-0.25, -0.2) is 0 Å². The molecule has 1 atom stereocenters. The highest BCUT2D eigenvalue weighted by Gasteiger charge is 2.58. The maximum Gasteiger partial charge on any atom is 0.456 e. The third kappa shape index (κ3) is 9.53. The lowest BCUT2D eigenvalue weighted by atomic mass is 9.88. The van der Waals surface area contributed by atoms with Crippen molar-refractivity contribution in [3.05, 3.63) is 0 Å². The highest BCUT2D eigenvalue weighted by Crippen LogP contribution is 2.35. The molecule has 0 saturated heterocycles. The van der Waals surface area contributed by atoms with Crippen molar-refractivity contribution in [1.82, 2.24) is 0 Å². The van der Waals surface area contributed by atoms with Gasteiger partial charge in [0.1, 0.15) is 6.42 Å². The normalized spacial score (nSPS) is 13.4. The second-order valence-corrected chi connectivity index (χ2v) is 6.62. The van der Waals surface area contributed by atoms with Crippen molar-refractivity contribution in [3.8, 4) is 0 Å². The Labute approximate surface area is 153 Å². The van der Waals surface area contributed by atoms with Gasteiger partial charge in [-0.2, -0.15) is 22.0 Å². The van der Waals surface area contributed by atoms with E-state index in [2.05, 4.69) is 9.47 Å². The Morgan fingerprint density at radius 2 is 1.37 bits per heavy atom. The van der Waals surface area contributed by atoms with Crippen LogP contribution >= 0.6 is 0 Å². The molecule has 0 spiro atoms. The monoisotopic (exact) mass is 406 g/mol. The van der Waals surface area contributed by atoms with E-state index in [1.54, 1.807) is 0 Å². The summed E-state index contributed by atoms with van der Waals surface area (Å²) >= 11 is 0. The van der Waals surface area contributed by atoms with Crippen LogP contribution in [-0.2, 0) is 28.6 Å². The van der Waals surface area contributed by atoms with Gasteiger partial charge < -0.3 is 14.2 Å². The predicted molar refractivity (Wildman–Crippen MR) is 81.4 cm³/mol. The van der Waals surface area contributed by atoms with Crippen LogP contribution in [0.5, 0.6) is 0 Å². The van der Waals surface area contributed by atoms with Gasteiger partial charge in [-0.3, -0.25) is 14.4 Å². The fourth-order valence-corrected chi connectivity index (χ4v) is 1.88. The third-order valence-electron chi connectivity index (χ3n) is 3.37. The predicted octanol–water partition coefficient (Wildman–Crippen LogP) is 3.48. The van der Waals surface area contributed by atoms with Crippen LogP contribution in [0.2, 0.25) is 0 Å². The first-order valence-corrected chi connectivity index (χ1v) is 8.09. The molecule has 0 bridgehead atoms. The molecule has 0 radical (unpaired) electrons. The van der Waals surface area contributed by atoms with E-state index < -0.39 is 55.7 Å². The van der Waals surface area contributed by atoms with Crippen LogP contribution in [0.15, 0.2) is 0 Å². The molecule has 0 aromatic carbocycles. The van der Waals surface area contributed by atoms with Gasteiger partial charge in [-0.1, -0.05) is 27.7 Å². The van der Waals surface area contributed by atoms with Gasteiger partial charge in [0, 0.05) is 0 Å². The van der Waals surface area contributed by atoms with E-state index in [1.165, 1.54) is 0 Å². The molecule has 0 saturated carbocycles. The highest BCUT2D eigenvalue weighted by atomic mass is 19.4. The van der Waals surface area contributed by atoms with Crippen LogP contribution in [0.1, 0.15) is 40.5 Å². The van der Waals surface area contributed by atoms with Gasteiger partial charge in [-0.15, -0.1) is 0 Å². The second-order valence-electron chi connectivity index (χ2n) is 6.62. The van der Waals surface area contributed by atoms with Gasteiger partial charge in [0.05, 0.1) is 5.92 Å². The zero-order valence-corrected chi connectivity index (χ0v) is 15.4. The summed E-state index contributed by atoms with van der Waals surface area (Å²) in [6.45, 7) is 4.39. The van der Waals surface area contributed by atoms with E-state index in [4.69, 9.17) is 4.74 Å². The van der Waals surface area contributed by atoms with Crippen LogP contribution in [-0.4, -0.2) is 43.4 Å². The molecule has 0 aromatic rings. The largest absolute Gasteiger partial charge is 0.458 e. The van der Waals surface area contributed by atoms with Crippen LogP contribution in [0, 0.1) is 17.8 Å². The zero-order chi connectivity index (χ0) is 21.4. The summed E-state index contributed by atoms with van der Waals surface area (Å²) < 4.78 is 73.8. The summed E-state index contributed by atoms with van der Waals surface area (Å²) in [5, 5.41) is 0. The number of halogens is 5. The van der Waals surface area contributed by atoms with Crippen LogP contribution < -0.4 is 0 Å². The summed E-state index contributed by atoms with van der Waals surface area (Å²) in [5.41, 5.74) is 0. The number of carbonyl (C=O) groups excluding carboxylic acids is 3. The van der Waals surface area contributed by atoms with Crippen molar-refractivity contribution < 1.29 is 50.5 Å². The minimum atomic E-state index is -5.88. The number of rotatable bonds is 10. The average Bonchev–Trinajstić information content (AvgIpc) is 2.49. The number of esters is 3. The first-order chi connectivity index (χ1) is 12.2. The summed E-state index contributed by atoms with van der Waals surface area (Å²) in [5.74, 6) is -9.01. The lowest BCUT2D eigenvalue weighted by Gasteiger charge is -2.21. The van der Waals surface area contributed by atoms with E-state index in [0.29, 0.717) is 6.42 Å². The van der Waals surface area contributed by atoms with Gasteiger partial charge in [0.15, 0.2) is 6.61 Å². The smallest absolute Gasteiger partial charge is 0.456 e. The van der Waals surface area contributed by atoms with E-state index in [0.717, 1.165) is 0 Å². The molecule has 0 aromatic heterocycles. The summed E-state index contributed by atoms with van der Waals surface area (Å²) in [7, 11) is 0. The molecule has 1 unspecified atom stereocenters. The van der Waals surface area contributed by atoms with Crippen molar-refractivity contribution in [2.24, 2.45) is 17.8 Å². The maximum atomic E-state index is 12.6. The Morgan fingerprint density at radius 3 is 1.81 bits per heavy atom. The molecular formula is C16H23F5O6. The number of hydrogen-bond acceptors (Lipinski definition) is 6. The Balaban J connectivity index is 4.29. The van der Waals surface area contributed by atoms with Crippen LogP contribution in [0.4, 0.5) is 22.0 Å². The van der Waals surface area contributed by atoms with Crippen molar-refractivity contribution in [3.63, 3.8) is 0 Å². The molecule has 0 rings (SSSR count). The van der Waals surface area contributed by atoms with E-state index in [-0.39, 0.29) is 11.8 Å². The molecule has 11 heteroatoms. The van der Waals surface area contributed by atoms with Crippen LogP contribution in [0.3, 0.4) is 0 Å². The van der Waals surface area contributed by atoms with Crippen molar-refractivity contribution >= 4 is 17.9 Å². The Bertz CT molecular complexity index is 516. The first kappa shape index (κ1) is 25.1. The first-order valence-electron chi connectivity index (χ1n) is 8.09. The molecule has 0 amide bonds. The average molecular weight is 406 g/mol. The SMILES string of the molecule is CC(C)CC(C(=O)OCOC(=O)CC(=O)OCC(F)(F)C(F)(F)F)C(C)C. The Hall–Kier alpha value is -1.94. The second kappa shape index (κ2) is 10.4. The molecule has 0 N–H and O–H groups in total. The third-order valence-corrected chi connectivity index (χ3v) is 3.37. The topological polar surface area (TPSA) is 78.9 Å². The van der Waals surface area contributed by atoms with E-state index in [9.17, 15) is 36.3 Å². The quantitative estimate of drug-likeness (QED) is 0.239. The van der Waals surface area contributed by atoms with Gasteiger partial charge >= 0.3 is 30.0 Å². The lowest BCUT2D eigenvalue weighted by molar-refractivity contribution is -0.294. The summed E-state index contributed by atoms with van der Waals surface area (Å²) in [6.07, 6.45) is -6.54. The van der Waals surface area contributed by atoms with Gasteiger partial charge in [0.2, 0.25) is 6.79 Å². The van der Waals surface area contributed by atoms with Gasteiger partial charge in [0.25, 0.3) is 0 Å². The summed E-state index contributed by atoms with van der Waals surface area (Å²) in [6, 6.07) is 0. The number of ether oxygens (including phenoxy) is 3. The summed E-state index contributed by atoms with van der Waals surface area (Å²) in [4.78, 5) is 34.4. The maximum absolute atomic E-state index is 12.6. The Morgan fingerprint density at radius 1 is 0.852 bits per heavy atom. The molecular weight excluding hydrogens is 383 g/mol. The molecule has 0 fully saturated rings.